The highest BCUT2D eigenvalue weighted by Crippen LogP contribution is 2.34. The van der Waals surface area contributed by atoms with Gasteiger partial charge in [0, 0.05) is 27.6 Å². The summed E-state index contributed by atoms with van der Waals surface area (Å²) >= 11 is 3.25. The second kappa shape index (κ2) is 5.94. The Labute approximate surface area is 135 Å². The summed E-state index contributed by atoms with van der Waals surface area (Å²) in [4.78, 5) is 29.6. The molecular weight excluding hydrogens is 318 g/mol. The van der Waals surface area contributed by atoms with Crippen LogP contribution in [0.3, 0.4) is 0 Å². The molecule has 2 N–H and O–H groups in total. The van der Waals surface area contributed by atoms with Gasteiger partial charge in [0.2, 0.25) is 5.91 Å². The van der Waals surface area contributed by atoms with Crippen LogP contribution < -0.4 is 10.6 Å². The number of nitrogens with zero attached hydrogens (tertiary/aromatic N) is 1. The van der Waals surface area contributed by atoms with Gasteiger partial charge in [-0.25, -0.2) is 4.98 Å². The number of rotatable bonds is 3. The lowest BCUT2D eigenvalue weighted by atomic mass is 10.1. The van der Waals surface area contributed by atoms with Gasteiger partial charge in [0.25, 0.3) is 5.91 Å². The molecule has 0 spiro atoms. The molecule has 0 bridgehead atoms. The van der Waals surface area contributed by atoms with E-state index in [1.807, 2.05) is 18.4 Å². The Morgan fingerprint density at radius 3 is 2.95 bits per heavy atom. The number of hydrogen-bond donors (Lipinski definition) is 2. The highest BCUT2D eigenvalue weighted by Gasteiger charge is 2.26. The van der Waals surface area contributed by atoms with Crippen molar-refractivity contribution < 1.29 is 9.59 Å². The summed E-state index contributed by atoms with van der Waals surface area (Å²) in [7, 11) is 0. The van der Waals surface area contributed by atoms with Crippen LogP contribution in [0.5, 0.6) is 0 Å². The number of thioether (sulfide) groups is 1. The van der Waals surface area contributed by atoms with E-state index in [1.165, 1.54) is 18.0 Å². The third-order valence-electron chi connectivity index (χ3n) is 3.09. The van der Waals surface area contributed by atoms with Crippen molar-refractivity contribution in [3.05, 3.63) is 34.2 Å². The summed E-state index contributed by atoms with van der Waals surface area (Å²) in [6, 6.07) is 3.80. The first-order chi connectivity index (χ1) is 10.6. The van der Waals surface area contributed by atoms with Crippen molar-refractivity contribution >= 4 is 58.1 Å². The maximum Gasteiger partial charge on any atom is 0.257 e. The Morgan fingerprint density at radius 2 is 2.27 bits per heavy atom. The van der Waals surface area contributed by atoms with Crippen molar-refractivity contribution in [2.24, 2.45) is 0 Å². The maximum absolute atomic E-state index is 12.1. The number of nitrogens with one attached hydrogen (secondary N) is 2. The summed E-state index contributed by atoms with van der Waals surface area (Å²) in [6.45, 7) is 1.43. The number of aromatic nitrogens is 1. The highest BCUT2D eigenvalue weighted by atomic mass is 32.2. The predicted molar refractivity (Wildman–Crippen MR) is 91.1 cm³/mol. The lowest BCUT2D eigenvalue weighted by Gasteiger charge is -2.03. The number of fused-ring (bicyclic) bond motifs is 1. The fourth-order valence-corrected chi connectivity index (χ4v) is 3.69. The third-order valence-corrected chi connectivity index (χ3v) is 4.83. The lowest BCUT2D eigenvalue weighted by molar-refractivity contribution is -0.114. The van der Waals surface area contributed by atoms with Crippen molar-refractivity contribution in [1.82, 2.24) is 4.98 Å². The molecule has 0 saturated heterocycles. The van der Waals surface area contributed by atoms with Crippen LogP contribution in [0.4, 0.5) is 11.5 Å². The molecule has 2 aromatic heterocycles. The molecule has 2 amide bonds. The van der Waals surface area contributed by atoms with Crippen LogP contribution in [0.2, 0.25) is 0 Å². The van der Waals surface area contributed by atoms with Gasteiger partial charge >= 0.3 is 0 Å². The molecule has 0 atom stereocenters. The summed E-state index contributed by atoms with van der Waals surface area (Å²) in [6.07, 6.45) is 5.39. The molecule has 1 aliphatic heterocycles. The van der Waals surface area contributed by atoms with Gasteiger partial charge in [0.15, 0.2) is 0 Å². The van der Waals surface area contributed by atoms with Crippen LogP contribution in [0, 0.1) is 0 Å². The average molecular weight is 331 g/mol. The fourth-order valence-electron chi connectivity index (χ4n) is 2.14. The SMILES string of the molecule is CSc1csc(C=C2C(=O)Nc3ncc(NC(C)=O)cc32)c1. The number of carbonyl (C=O) groups excluding carboxylic acids is 2. The standard InChI is InChI=1S/C15H13N3O2S2/c1-8(19)17-9-3-12-13(15(20)18-14(12)16-6-9)5-10-4-11(21-2)7-22-10/h3-7H,1-2H3,(H,17,19)(H,16,18,20). The minimum absolute atomic E-state index is 0.174. The van der Waals surface area contributed by atoms with E-state index in [-0.39, 0.29) is 11.8 Å². The van der Waals surface area contributed by atoms with Gasteiger partial charge in [0.1, 0.15) is 5.82 Å². The second-order valence-corrected chi connectivity index (χ2v) is 6.52. The Hall–Kier alpha value is -2.12. The number of anilines is 2. The minimum atomic E-state index is -0.179. The van der Waals surface area contributed by atoms with Gasteiger partial charge in [0.05, 0.1) is 17.5 Å². The highest BCUT2D eigenvalue weighted by molar-refractivity contribution is 7.98. The molecule has 0 aliphatic carbocycles. The van der Waals surface area contributed by atoms with Gasteiger partial charge in [-0.2, -0.15) is 0 Å². The molecule has 2 aromatic rings. The molecule has 0 aromatic carbocycles. The number of thiophene rings is 1. The Balaban J connectivity index is 2.00. The van der Waals surface area contributed by atoms with Crippen molar-refractivity contribution in [3.63, 3.8) is 0 Å². The van der Waals surface area contributed by atoms with E-state index < -0.39 is 0 Å². The molecule has 5 nitrogen and oxygen atoms in total. The third kappa shape index (κ3) is 2.90. The molecule has 0 radical (unpaired) electrons. The first-order valence-electron chi connectivity index (χ1n) is 6.50. The number of amides is 2. The van der Waals surface area contributed by atoms with E-state index >= 15 is 0 Å². The number of pyridine rings is 1. The van der Waals surface area contributed by atoms with E-state index in [2.05, 4.69) is 21.0 Å². The first kappa shape index (κ1) is 14.8. The Bertz CT molecular complexity index is 796. The smallest absolute Gasteiger partial charge is 0.257 e. The van der Waals surface area contributed by atoms with Gasteiger partial charge < -0.3 is 10.6 Å². The lowest BCUT2D eigenvalue weighted by Crippen LogP contribution is -2.06. The average Bonchev–Trinajstić information content (AvgIpc) is 3.04. The van der Waals surface area contributed by atoms with Gasteiger partial charge in [-0.3, -0.25) is 9.59 Å². The van der Waals surface area contributed by atoms with Crippen LogP contribution in [-0.4, -0.2) is 23.1 Å². The molecule has 112 valence electrons. The monoisotopic (exact) mass is 331 g/mol. The van der Waals surface area contributed by atoms with E-state index in [9.17, 15) is 9.59 Å². The molecule has 7 heteroatoms. The zero-order valence-electron chi connectivity index (χ0n) is 12.0. The zero-order valence-corrected chi connectivity index (χ0v) is 13.6. The molecule has 0 unspecified atom stereocenters. The first-order valence-corrected chi connectivity index (χ1v) is 8.61. The molecule has 1 aliphatic rings. The molecule has 0 saturated carbocycles. The van der Waals surface area contributed by atoms with Gasteiger partial charge in [-0.15, -0.1) is 23.1 Å². The Kier molecular flexibility index (Phi) is 4.00. The van der Waals surface area contributed by atoms with E-state index in [0.717, 1.165) is 4.88 Å². The molecule has 3 heterocycles. The quantitative estimate of drug-likeness (QED) is 0.668. The Morgan fingerprint density at radius 1 is 1.45 bits per heavy atom. The second-order valence-electron chi connectivity index (χ2n) is 4.70. The van der Waals surface area contributed by atoms with Crippen molar-refractivity contribution in [1.29, 1.82) is 0 Å². The summed E-state index contributed by atoms with van der Waals surface area (Å²) < 4.78 is 0. The van der Waals surface area contributed by atoms with Gasteiger partial charge in [-0.05, 0) is 24.5 Å². The van der Waals surface area contributed by atoms with Crippen LogP contribution in [-0.2, 0) is 9.59 Å². The van der Waals surface area contributed by atoms with E-state index in [1.54, 1.807) is 29.2 Å². The fraction of sp³-hybridized carbons (Fsp3) is 0.133. The number of hydrogen-bond acceptors (Lipinski definition) is 5. The summed E-state index contributed by atoms with van der Waals surface area (Å²) in [5, 5.41) is 7.47. The predicted octanol–water partition coefficient (Wildman–Crippen LogP) is 3.32. The van der Waals surface area contributed by atoms with Crippen LogP contribution in [0.1, 0.15) is 17.4 Å². The molecule has 3 rings (SSSR count). The van der Waals surface area contributed by atoms with Gasteiger partial charge in [-0.1, -0.05) is 0 Å². The molecule has 0 fully saturated rings. The van der Waals surface area contributed by atoms with E-state index in [0.29, 0.717) is 22.6 Å². The summed E-state index contributed by atoms with van der Waals surface area (Å²) in [5.74, 6) is 0.168. The van der Waals surface area contributed by atoms with Crippen LogP contribution in [0.15, 0.2) is 28.6 Å². The van der Waals surface area contributed by atoms with Crippen LogP contribution in [0.25, 0.3) is 11.6 Å². The number of carbonyl (C=O) groups is 2. The normalized spacial score (nSPS) is 14.8. The molecule has 22 heavy (non-hydrogen) atoms. The minimum Gasteiger partial charge on any atom is -0.325 e. The molecular formula is C15H13N3O2S2. The maximum atomic E-state index is 12.1. The largest absolute Gasteiger partial charge is 0.325 e. The van der Waals surface area contributed by atoms with Crippen LogP contribution >= 0.6 is 23.1 Å². The summed E-state index contributed by atoms with van der Waals surface area (Å²) in [5.41, 5.74) is 1.84. The van der Waals surface area contributed by atoms with Crippen molar-refractivity contribution in [2.75, 3.05) is 16.9 Å². The van der Waals surface area contributed by atoms with E-state index in [4.69, 9.17) is 0 Å². The zero-order chi connectivity index (χ0) is 15.7. The topological polar surface area (TPSA) is 71.1 Å². The van der Waals surface area contributed by atoms with Crippen molar-refractivity contribution in [3.8, 4) is 0 Å². The van der Waals surface area contributed by atoms with Crippen molar-refractivity contribution in [2.45, 2.75) is 11.8 Å².